The van der Waals surface area contributed by atoms with E-state index in [1.165, 1.54) is 16.2 Å². The van der Waals surface area contributed by atoms with Crippen molar-refractivity contribution in [3.05, 3.63) is 54.1 Å². The molecular weight excluding hydrogens is 452 g/mol. The summed E-state index contributed by atoms with van der Waals surface area (Å²) < 4.78 is 35.2. The fourth-order valence-corrected chi connectivity index (χ4v) is 6.50. The normalized spacial score (nSPS) is 23.5. The second-order valence-corrected chi connectivity index (χ2v) is 11.3. The predicted molar refractivity (Wildman–Crippen MR) is 131 cm³/mol. The number of hydrogen-bond acceptors (Lipinski definition) is 7. The van der Waals surface area contributed by atoms with Gasteiger partial charge in [0.15, 0.2) is 0 Å². The van der Waals surface area contributed by atoms with Gasteiger partial charge in [-0.2, -0.15) is 4.31 Å². The lowest BCUT2D eigenvalue weighted by molar-refractivity contribution is 0.0733. The van der Waals surface area contributed by atoms with E-state index in [9.17, 15) is 13.5 Å². The number of fused-ring (bicyclic) bond motifs is 1. The average Bonchev–Trinajstić information content (AvgIpc) is 3.36. The lowest BCUT2D eigenvalue weighted by Gasteiger charge is -2.37. The topological polar surface area (TPSA) is 95.9 Å². The first kappa shape index (κ1) is 24.8. The maximum Gasteiger partial charge on any atom is 0.247 e. The van der Waals surface area contributed by atoms with Gasteiger partial charge < -0.3 is 9.84 Å². The van der Waals surface area contributed by atoms with Crippen molar-refractivity contribution in [3.63, 3.8) is 0 Å². The molecule has 2 aliphatic rings. The summed E-state index contributed by atoms with van der Waals surface area (Å²) in [6.07, 6.45) is 10.2. The number of likely N-dealkylation sites (N-methyl/N-ethyl adjacent to an activating group) is 1. The van der Waals surface area contributed by atoms with Gasteiger partial charge in [0.05, 0.1) is 6.61 Å². The number of rotatable bonds is 7. The minimum atomic E-state index is -3.83. The quantitative estimate of drug-likeness (QED) is 0.643. The Kier molecular flexibility index (Phi) is 7.67. The molecule has 1 aromatic heterocycles. The van der Waals surface area contributed by atoms with Crippen LogP contribution in [0.3, 0.4) is 0 Å². The number of aliphatic hydroxyl groups is 1. The Morgan fingerprint density at radius 3 is 2.74 bits per heavy atom. The van der Waals surface area contributed by atoms with Gasteiger partial charge in [-0.25, -0.2) is 18.4 Å². The molecule has 1 aliphatic heterocycles. The fraction of sp³-hybridized carbons (Fsp3) is 0.520. The van der Waals surface area contributed by atoms with Gasteiger partial charge in [-0.3, -0.25) is 4.90 Å². The Bertz CT molecular complexity index is 1120. The number of aliphatic hydroxyl groups excluding tert-OH is 1. The zero-order valence-electron chi connectivity index (χ0n) is 20.1. The van der Waals surface area contributed by atoms with E-state index in [0.29, 0.717) is 18.8 Å². The monoisotopic (exact) mass is 486 g/mol. The molecule has 1 N–H and O–H groups in total. The van der Waals surface area contributed by atoms with E-state index >= 15 is 0 Å². The lowest BCUT2D eigenvalue weighted by Crippen LogP contribution is -2.49. The van der Waals surface area contributed by atoms with Crippen molar-refractivity contribution in [1.82, 2.24) is 19.2 Å². The zero-order chi connectivity index (χ0) is 24.3. The smallest absolute Gasteiger partial charge is 0.247 e. The molecule has 0 unspecified atom stereocenters. The highest BCUT2D eigenvalue weighted by Crippen LogP contribution is 2.37. The van der Waals surface area contributed by atoms with Gasteiger partial charge in [0.1, 0.15) is 23.1 Å². The molecule has 0 saturated carbocycles. The van der Waals surface area contributed by atoms with Gasteiger partial charge in [-0.05, 0) is 56.5 Å². The molecule has 0 spiro atoms. The molecule has 2 aromatic rings. The maximum atomic E-state index is 13.6. The summed E-state index contributed by atoms with van der Waals surface area (Å²) in [5, 5.41) is 9.81. The molecule has 9 heteroatoms. The van der Waals surface area contributed by atoms with Crippen molar-refractivity contribution in [2.24, 2.45) is 5.92 Å². The molecule has 2 heterocycles. The van der Waals surface area contributed by atoms with E-state index in [2.05, 4.69) is 20.9 Å². The van der Waals surface area contributed by atoms with Crippen molar-refractivity contribution >= 4 is 15.6 Å². The van der Waals surface area contributed by atoms with Crippen LogP contribution >= 0.6 is 0 Å². The van der Waals surface area contributed by atoms with Gasteiger partial charge in [-0.15, -0.1) is 0 Å². The van der Waals surface area contributed by atoms with E-state index in [1.54, 1.807) is 25.4 Å². The van der Waals surface area contributed by atoms with Crippen LogP contribution in [0.5, 0.6) is 5.75 Å². The summed E-state index contributed by atoms with van der Waals surface area (Å²) in [7, 11) is -1.82. The van der Waals surface area contributed by atoms with Crippen LogP contribution in [-0.2, 0) is 16.6 Å². The average molecular weight is 487 g/mol. The molecule has 0 amide bonds. The van der Waals surface area contributed by atoms with E-state index in [1.807, 2.05) is 26.1 Å². The van der Waals surface area contributed by atoms with Crippen LogP contribution in [0, 0.1) is 5.92 Å². The largest absolute Gasteiger partial charge is 0.487 e. The first-order valence-electron chi connectivity index (χ1n) is 11.8. The molecule has 8 nitrogen and oxygen atoms in total. The number of nitrogens with zero attached hydrogens (tertiary/aromatic N) is 4. The third kappa shape index (κ3) is 5.33. The number of benzene rings is 1. The third-order valence-corrected chi connectivity index (χ3v) is 8.66. The van der Waals surface area contributed by atoms with Crippen molar-refractivity contribution in [2.75, 3.05) is 26.7 Å². The van der Waals surface area contributed by atoms with Crippen molar-refractivity contribution in [2.45, 2.75) is 56.7 Å². The first-order chi connectivity index (χ1) is 16.3. The standard InChI is InChI=1S/C25H34N4O4S/c1-18-13-29(19(2)16-30)34(31,32)25-9-8-22(21-6-4-5-7-21)10-23(25)33-24(18)15-28(3)14-20-11-26-17-27-12-20/h6,8-12,17-19,24,30H,4-5,7,13-16H2,1-3H3/t18-,19-,24+/m1/s1. The Morgan fingerprint density at radius 2 is 2.06 bits per heavy atom. The van der Waals surface area contributed by atoms with E-state index in [-0.39, 0.29) is 30.1 Å². The minimum absolute atomic E-state index is 0.0965. The van der Waals surface area contributed by atoms with E-state index in [0.717, 1.165) is 30.4 Å². The van der Waals surface area contributed by atoms with Crippen LogP contribution < -0.4 is 4.74 Å². The fourth-order valence-electron chi connectivity index (χ4n) is 4.67. The maximum absolute atomic E-state index is 13.6. The Labute approximate surface area is 202 Å². The van der Waals surface area contributed by atoms with Crippen molar-refractivity contribution in [1.29, 1.82) is 0 Å². The Balaban J connectivity index is 1.69. The molecule has 0 saturated heterocycles. The summed E-state index contributed by atoms with van der Waals surface area (Å²) in [5.41, 5.74) is 3.24. The molecule has 34 heavy (non-hydrogen) atoms. The summed E-state index contributed by atoms with van der Waals surface area (Å²) in [5.74, 6) is 0.286. The van der Waals surface area contributed by atoms with Crippen molar-refractivity contribution in [3.8, 4) is 5.75 Å². The van der Waals surface area contributed by atoms with Crippen LogP contribution in [0.25, 0.3) is 5.57 Å². The molecule has 0 fully saturated rings. The minimum Gasteiger partial charge on any atom is -0.487 e. The van der Waals surface area contributed by atoms with Crippen LogP contribution in [-0.4, -0.2) is 71.6 Å². The Hall–Kier alpha value is -2.33. The highest BCUT2D eigenvalue weighted by Gasteiger charge is 2.38. The predicted octanol–water partition coefficient (Wildman–Crippen LogP) is 2.94. The molecule has 184 valence electrons. The second-order valence-electron chi connectivity index (χ2n) is 9.47. The van der Waals surface area contributed by atoms with Gasteiger partial charge in [0.25, 0.3) is 0 Å². The molecule has 0 bridgehead atoms. The number of hydrogen-bond donors (Lipinski definition) is 1. The molecular formula is C25H34N4O4S. The zero-order valence-corrected chi connectivity index (χ0v) is 20.9. The molecule has 3 atom stereocenters. The third-order valence-electron chi connectivity index (χ3n) is 6.64. The summed E-state index contributed by atoms with van der Waals surface area (Å²) in [6, 6.07) is 4.88. The van der Waals surface area contributed by atoms with Crippen LogP contribution in [0.2, 0.25) is 0 Å². The highest BCUT2D eigenvalue weighted by atomic mass is 32.2. The number of allylic oxidation sites excluding steroid dienone is 2. The summed E-state index contributed by atoms with van der Waals surface area (Å²) in [6.45, 7) is 5.02. The van der Waals surface area contributed by atoms with Gasteiger partial charge in [0, 0.05) is 49.6 Å². The number of ether oxygens (including phenoxy) is 1. The molecule has 1 aliphatic carbocycles. The van der Waals surface area contributed by atoms with E-state index in [4.69, 9.17) is 4.74 Å². The lowest BCUT2D eigenvalue weighted by atomic mass is 10.0. The summed E-state index contributed by atoms with van der Waals surface area (Å²) in [4.78, 5) is 10.5. The SMILES string of the molecule is C[C@@H]1CN([C@H](C)CO)S(=O)(=O)c2ccc(C3=CCCC3)cc2O[C@H]1CN(C)Cc1cncnc1. The van der Waals surface area contributed by atoms with Crippen LogP contribution in [0.4, 0.5) is 0 Å². The summed E-state index contributed by atoms with van der Waals surface area (Å²) >= 11 is 0. The molecule has 4 rings (SSSR count). The first-order valence-corrected chi connectivity index (χ1v) is 13.3. The van der Waals surface area contributed by atoms with Gasteiger partial charge in [0.2, 0.25) is 10.0 Å². The van der Waals surface area contributed by atoms with E-state index < -0.39 is 16.1 Å². The van der Waals surface area contributed by atoms with Gasteiger partial charge >= 0.3 is 0 Å². The number of sulfonamides is 1. The second kappa shape index (κ2) is 10.5. The van der Waals surface area contributed by atoms with Gasteiger partial charge in [-0.1, -0.05) is 19.1 Å². The van der Waals surface area contributed by atoms with Crippen LogP contribution in [0.1, 0.15) is 44.2 Å². The highest BCUT2D eigenvalue weighted by molar-refractivity contribution is 7.89. The van der Waals surface area contributed by atoms with Crippen molar-refractivity contribution < 1.29 is 18.3 Å². The molecule has 0 radical (unpaired) electrons. The molecule has 1 aromatic carbocycles. The van der Waals surface area contributed by atoms with Crippen LogP contribution in [0.15, 0.2) is 47.9 Å². The Morgan fingerprint density at radius 1 is 1.29 bits per heavy atom. The number of aromatic nitrogens is 2.